The van der Waals surface area contributed by atoms with Gasteiger partial charge in [-0.2, -0.15) is 0 Å². The molecule has 1 unspecified atom stereocenters. The number of amides is 1. The number of hydrogen-bond acceptors (Lipinski definition) is 3. The van der Waals surface area contributed by atoms with Crippen LogP contribution in [-0.4, -0.2) is 18.3 Å². The number of anilines is 1. The lowest BCUT2D eigenvalue weighted by Crippen LogP contribution is -2.20. The van der Waals surface area contributed by atoms with E-state index in [1.165, 1.54) is 5.56 Å². The molecule has 0 saturated carbocycles. The van der Waals surface area contributed by atoms with E-state index in [1.54, 1.807) is 6.07 Å². The van der Waals surface area contributed by atoms with Gasteiger partial charge < -0.3 is 10.1 Å². The van der Waals surface area contributed by atoms with Crippen molar-refractivity contribution >= 4 is 17.4 Å². The molecule has 0 fully saturated rings. The summed E-state index contributed by atoms with van der Waals surface area (Å²) in [6.45, 7) is 6.02. The Morgan fingerprint density at radius 2 is 1.92 bits per heavy atom. The quantitative estimate of drug-likeness (QED) is 0.887. The van der Waals surface area contributed by atoms with Gasteiger partial charge in [0.05, 0.1) is 5.56 Å². The summed E-state index contributed by atoms with van der Waals surface area (Å²) in [6, 6.07) is 11.5. The molecular weight excluding hydrogens is 314 g/mol. The van der Waals surface area contributed by atoms with Crippen molar-refractivity contribution in [2.24, 2.45) is 0 Å². The van der Waals surface area contributed by atoms with E-state index in [9.17, 15) is 9.59 Å². The maximum Gasteiger partial charge on any atom is 0.262 e. The van der Waals surface area contributed by atoms with Gasteiger partial charge in [0.25, 0.3) is 5.91 Å². The van der Waals surface area contributed by atoms with Gasteiger partial charge in [-0.25, -0.2) is 0 Å². The van der Waals surface area contributed by atoms with Crippen molar-refractivity contribution in [3.05, 3.63) is 58.7 Å². The van der Waals surface area contributed by atoms with Gasteiger partial charge in [-0.3, -0.25) is 9.59 Å². The Morgan fingerprint density at radius 1 is 1.20 bits per heavy atom. The number of hydrogen-bond donors (Lipinski definition) is 1. The minimum absolute atomic E-state index is 0.0942. The Bertz CT molecular complexity index is 809. The first-order chi connectivity index (χ1) is 12.0. The smallest absolute Gasteiger partial charge is 0.262 e. The monoisotopic (exact) mass is 337 g/mol. The molecule has 0 saturated heterocycles. The number of carbonyl (C=O) groups excluding carboxylic acids is 2. The van der Waals surface area contributed by atoms with Gasteiger partial charge in [-0.05, 0) is 54.2 Å². The molecule has 1 atom stereocenters. The van der Waals surface area contributed by atoms with Gasteiger partial charge in [0.15, 0.2) is 12.4 Å². The Labute approximate surface area is 148 Å². The minimum Gasteiger partial charge on any atom is -0.483 e. The van der Waals surface area contributed by atoms with Crippen LogP contribution < -0.4 is 10.1 Å². The third-order valence-electron chi connectivity index (χ3n) is 4.69. The summed E-state index contributed by atoms with van der Waals surface area (Å²) in [6.07, 6.45) is 1.47. The molecule has 0 aromatic heterocycles. The number of aryl methyl sites for hydroxylation is 2. The van der Waals surface area contributed by atoms with E-state index in [0.29, 0.717) is 17.7 Å². The third kappa shape index (κ3) is 3.58. The Kier molecular flexibility index (Phi) is 4.88. The number of benzene rings is 2. The first-order valence-corrected chi connectivity index (χ1v) is 8.68. The minimum atomic E-state index is -0.239. The van der Waals surface area contributed by atoms with Crippen LogP contribution >= 0.6 is 0 Å². The second-order valence-electron chi connectivity index (χ2n) is 6.58. The predicted molar refractivity (Wildman–Crippen MR) is 98.5 cm³/mol. The Balaban J connectivity index is 1.68. The van der Waals surface area contributed by atoms with Crippen LogP contribution in [0, 0.1) is 6.92 Å². The molecule has 4 heteroatoms. The molecule has 0 bridgehead atoms. The fourth-order valence-electron chi connectivity index (χ4n) is 3.39. The molecule has 0 aliphatic heterocycles. The summed E-state index contributed by atoms with van der Waals surface area (Å²) in [5.41, 5.74) is 4.76. The Hall–Kier alpha value is -2.62. The summed E-state index contributed by atoms with van der Waals surface area (Å²) < 4.78 is 5.67. The highest BCUT2D eigenvalue weighted by Crippen LogP contribution is 2.40. The molecule has 0 spiro atoms. The van der Waals surface area contributed by atoms with Gasteiger partial charge in [0.2, 0.25) is 0 Å². The zero-order valence-electron chi connectivity index (χ0n) is 14.9. The molecule has 1 aliphatic rings. The lowest BCUT2D eigenvalue weighted by Gasteiger charge is -2.13. The molecule has 4 nitrogen and oxygen atoms in total. The van der Waals surface area contributed by atoms with Crippen LogP contribution in [0.4, 0.5) is 5.69 Å². The lowest BCUT2D eigenvalue weighted by molar-refractivity contribution is -0.118. The molecule has 0 heterocycles. The van der Waals surface area contributed by atoms with Gasteiger partial charge in [-0.1, -0.05) is 32.0 Å². The summed E-state index contributed by atoms with van der Waals surface area (Å²) in [7, 11) is 0. The molecule has 1 amide bonds. The zero-order valence-corrected chi connectivity index (χ0v) is 14.9. The molecule has 3 rings (SSSR count). The predicted octanol–water partition coefficient (Wildman–Crippen LogP) is 4.26. The first-order valence-electron chi connectivity index (χ1n) is 8.68. The third-order valence-corrected chi connectivity index (χ3v) is 4.69. The van der Waals surface area contributed by atoms with Gasteiger partial charge >= 0.3 is 0 Å². The van der Waals surface area contributed by atoms with E-state index in [4.69, 9.17) is 4.74 Å². The lowest BCUT2D eigenvalue weighted by atomic mass is 9.97. The van der Waals surface area contributed by atoms with E-state index in [-0.39, 0.29) is 24.2 Å². The molecule has 1 N–H and O–H groups in total. The van der Waals surface area contributed by atoms with Crippen LogP contribution in [0.25, 0.3) is 0 Å². The maximum atomic E-state index is 12.3. The standard InChI is InChI=1S/C21H23NO3/c1-4-15-6-8-16(9-7-15)22-19(24)12-25-18-10-5-13(2)20-14(3)11-17(23)21(18)20/h5-10,14H,4,11-12H2,1-3H3,(H,22,24). The molecule has 0 radical (unpaired) electrons. The summed E-state index contributed by atoms with van der Waals surface area (Å²) in [4.78, 5) is 24.4. The molecule has 1 aliphatic carbocycles. The second-order valence-corrected chi connectivity index (χ2v) is 6.58. The van der Waals surface area contributed by atoms with Crippen molar-refractivity contribution in [3.63, 3.8) is 0 Å². The van der Waals surface area contributed by atoms with E-state index in [2.05, 4.69) is 12.2 Å². The summed E-state index contributed by atoms with van der Waals surface area (Å²) in [5, 5.41) is 2.81. The number of rotatable bonds is 5. The highest BCUT2D eigenvalue weighted by atomic mass is 16.5. The van der Waals surface area contributed by atoms with E-state index in [0.717, 1.165) is 23.2 Å². The van der Waals surface area contributed by atoms with Gasteiger partial charge in [-0.15, -0.1) is 0 Å². The van der Waals surface area contributed by atoms with Crippen molar-refractivity contribution < 1.29 is 14.3 Å². The van der Waals surface area contributed by atoms with Gasteiger partial charge in [0.1, 0.15) is 5.75 Å². The van der Waals surface area contributed by atoms with Crippen LogP contribution in [-0.2, 0) is 11.2 Å². The molecule has 25 heavy (non-hydrogen) atoms. The van der Waals surface area contributed by atoms with Crippen LogP contribution in [0.5, 0.6) is 5.75 Å². The van der Waals surface area contributed by atoms with E-state index in [1.807, 2.05) is 44.2 Å². The van der Waals surface area contributed by atoms with Crippen LogP contribution in [0.15, 0.2) is 36.4 Å². The normalized spacial score (nSPS) is 15.8. The van der Waals surface area contributed by atoms with Crippen LogP contribution in [0.3, 0.4) is 0 Å². The van der Waals surface area contributed by atoms with Crippen molar-refractivity contribution in [2.45, 2.75) is 39.5 Å². The largest absolute Gasteiger partial charge is 0.483 e. The topological polar surface area (TPSA) is 55.4 Å². The number of ether oxygens (including phenoxy) is 1. The van der Waals surface area contributed by atoms with Crippen molar-refractivity contribution in [1.29, 1.82) is 0 Å². The van der Waals surface area contributed by atoms with Crippen LogP contribution in [0.1, 0.15) is 53.2 Å². The highest BCUT2D eigenvalue weighted by Gasteiger charge is 2.31. The fraction of sp³-hybridized carbons (Fsp3) is 0.333. The van der Waals surface area contributed by atoms with E-state index >= 15 is 0 Å². The average molecular weight is 337 g/mol. The summed E-state index contributed by atoms with van der Waals surface area (Å²) >= 11 is 0. The average Bonchev–Trinajstić information content (AvgIpc) is 2.90. The first kappa shape index (κ1) is 17.2. The summed E-state index contributed by atoms with van der Waals surface area (Å²) in [5.74, 6) is 0.567. The second kappa shape index (κ2) is 7.09. The van der Waals surface area contributed by atoms with Crippen molar-refractivity contribution in [3.8, 4) is 5.75 Å². The molecule has 2 aromatic carbocycles. The molecule has 130 valence electrons. The van der Waals surface area contributed by atoms with Crippen LogP contribution in [0.2, 0.25) is 0 Å². The fourth-order valence-corrected chi connectivity index (χ4v) is 3.39. The molecular formula is C21H23NO3. The van der Waals surface area contributed by atoms with Crippen molar-refractivity contribution in [1.82, 2.24) is 0 Å². The highest BCUT2D eigenvalue weighted by molar-refractivity contribution is 6.04. The Morgan fingerprint density at radius 3 is 2.60 bits per heavy atom. The maximum absolute atomic E-state index is 12.3. The number of fused-ring (bicyclic) bond motifs is 1. The molecule has 2 aromatic rings. The van der Waals surface area contributed by atoms with E-state index < -0.39 is 0 Å². The number of Topliss-reactive ketones (excluding diaryl/α,β-unsaturated/α-hetero) is 1. The SMILES string of the molecule is CCc1ccc(NC(=O)COc2ccc(C)c3c2C(=O)CC3C)cc1. The van der Waals surface area contributed by atoms with Crippen molar-refractivity contribution in [2.75, 3.05) is 11.9 Å². The zero-order chi connectivity index (χ0) is 18.0. The number of carbonyl (C=O) groups is 2. The van der Waals surface area contributed by atoms with Gasteiger partial charge in [0, 0.05) is 12.1 Å². The number of ketones is 1. The number of nitrogens with one attached hydrogen (secondary N) is 1.